The maximum absolute atomic E-state index is 12.8. The van der Waals surface area contributed by atoms with Crippen LogP contribution in [0.1, 0.15) is 30.3 Å². The van der Waals surface area contributed by atoms with E-state index < -0.39 is 0 Å². The molecule has 2 N–H and O–H groups in total. The van der Waals surface area contributed by atoms with Crippen molar-refractivity contribution in [2.75, 3.05) is 20.2 Å². The minimum absolute atomic E-state index is 0.00209. The second-order valence-corrected chi connectivity index (χ2v) is 7.11. The second-order valence-electron chi connectivity index (χ2n) is 6.25. The lowest BCUT2D eigenvalue weighted by molar-refractivity contribution is 0.0656. The molecule has 1 amide bonds. The number of hydrogen-bond donors (Lipinski definition) is 1. The molecule has 2 atom stereocenters. The van der Waals surface area contributed by atoms with Crippen molar-refractivity contribution in [1.82, 2.24) is 9.88 Å². The summed E-state index contributed by atoms with van der Waals surface area (Å²) in [6.07, 6.45) is 2.09. The molecule has 1 fully saturated rings. The van der Waals surface area contributed by atoms with Crippen LogP contribution in [0.2, 0.25) is 0 Å². The van der Waals surface area contributed by atoms with Crippen molar-refractivity contribution < 1.29 is 9.53 Å². The van der Waals surface area contributed by atoms with E-state index in [1.54, 1.807) is 7.11 Å². The number of rotatable bonds is 4. The van der Waals surface area contributed by atoms with Crippen molar-refractivity contribution in [1.29, 1.82) is 0 Å². The molecule has 1 saturated heterocycles. The Morgan fingerprint density at radius 3 is 3.00 bits per heavy atom. The minimum Gasteiger partial charge on any atom is -0.496 e. The lowest BCUT2D eigenvalue weighted by atomic mass is 9.92. The molecule has 0 radical (unpaired) electrons. The number of piperidine rings is 1. The number of ether oxygens (including phenoxy) is 1. The van der Waals surface area contributed by atoms with E-state index in [2.05, 4.69) is 4.98 Å². The number of carbonyl (C=O) groups excluding carboxylic acids is 1. The monoisotopic (exact) mass is 345 g/mol. The van der Waals surface area contributed by atoms with E-state index in [4.69, 9.17) is 10.5 Å². The van der Waals surface area contributed by atoms with Crippen molar-refractivity contribution in [2.24, 2.45) is 11.7 Å². The number of amides is 1. The topological polar surface area (TPSA) is 68.5 Å². The van der Waals surface area contributed by atoms with Crippen molar-refractivity contribution in [3.63, 3.8) is 0 Å². The van der Waals surface area contributed by atoms with Crippen LogP contribution in [-0.2, 0) is 0 Å². The Morgan fingerprint density at radius 2 is 2.25 bits per heavy atom. The van der Waals surface area contributed by atoms with E-state index in [1.807, 2.05) is 41.5 Å². The molecule has 2 aromatic rings. The molecule has 128 valence electrons. The number of para-hydroxylation sites is 1. The lowest BCUT2D eigenvalue weighted by Crippen LogP contribution is -2.45. The second kappa shape index (κ2) is 7.32. The molecule has 1 aromatic heterocycles. The van der Waals surface area contributed by atoms with Gasteiger partial charge in [0.15, 0.2) is 0 Å². The van der Waals surface area contributed by atoms with Gasteiger partial charge >= 0.3 is 0 Å². The summed E-state index contributed by atoms with van der Waals surface area (Å²) in [5, 5.41) is 2.64. The first-order chi connectivity index (χ1) is 11.6. The summed E-state index contributed by atoms with van der Waals surface area (Å²) in [4.78, 5) is 19.2. The predicted molar refractivity (Wildman–Crippen MR) is 96.4 cm³/mol. The van der Waals surface area contributed by atoms with Gasteiger partial charge in [-0.3, -0.25) is 4.79 Å². The molecular weight excluding hydrogens is 322 g/mol. The molecule has 1 aliphatic rings. The van der Waals surface area contributed by atoms with Gasteiger partial charge in [0.2, 0.25) is 0 Å². The molecule has 5 nitrogen and oxygen atoms in total. The summed E-state index contributed by atoms with van der Waals surface area (Å²) in [6.45, 7) is 3.52. The third-order valence-electron chi connectivity index (χ3n) is 4.55. The zero-order chi connectivity index (χ0) is 17.1. The van der Waals surface area contributed by atoms with Crippen LogP contribution < -0.4 is 10.5 Å². The summed E-state index contributed by atoms with van der Waals surface area (Å²) in [5.41, 5.74) is 7.43. The number of aromatic nitrogens is 1. The number of carbonyl (C=O) groups is 1. The Morgan fingerprint density at radius 1 is 1.46 bits per heavy atom. The third-order valence-corrected chi connectivity index (χ3v) is 5.42. The van der Waals surface area contributed by atoms with Gasteiger partial charge in [0.25, 0.3) is 5.91 Å². The predicted octanol–water partition coefficient (Wildman–Crippen LogP) is 3.02. The van der Waals surface area contributed by atoms with Gasteiger partial charge < -0.3 is 15.4 Å². The summed E-state index contributed by atoms with van der Waals surface area (Å²) in [6, 6.07) is 7.83. The number of hydrogen-bond acceptors (Lipinski definition) is 5. The molecule has 0 spiro atoms. The van der Waals surface area contributed by atoms with Crippen LogP contribution >= 0.6 is 11.3 Å². The van der Waals surface area contributed by atoms with Crippen LogP contribution in [0.15, 0.2) is 29.6 Å². The number of thiazole rings is 1. The van der Waals surface area contributed by atoms with Gasteiger partial charge in [0, 0.05) is 24.5 Å². The lowest BCUT2D eigenvalue weighted by Gasteiger charge is -2.34. The van der Waals surface area contributed by atoms with E-state index >= 15 is 0 Å². The normalized spacial score (nSPS) is 19.1. The van der Waals surface area contributed by atoms with Crippen LogP contribution in [0.3, 0.4) is 0 Å². The van der Waals surface area contributed by atoms with Crippen molar-refractivity contribution in [3.05, 3.63) is 35.3 Å². The van der Waals surface area contributed by atoms with E-state index in [1.165, 1.54) is 11.3 Å². The maximum Gasteiger partial charge on any atom is 0.273 e. The molecule has 3 rings (SSSR count). The Balaban J connectivity index is 1.79. The highest BCUT2D eigenvalue weighted by molar-refractivity contribution is 7.13. The molecule has 2 heterocycles. The number of nitrogens with zero attached hydrogens (tertiary/aromatic N) is 2. The van der Waals surface area contributed by atoms with Crippen LogP contribution in [-0.4, -0.2) is 42.0 Å². The standard InChI is InChI=1S/C18H23N3O2S/c1-12(19)13-6-5-9-21(10-13)18(22)15-11-24-17(20-15)14-7-3-4-8-16(14)23-2/h3-4,7-8,11-13H,5-6,9-10,19H2,1-2H3/t12-,13+/m0/s1. The first-order valence-corrected chi connectivity index (χ1v) is 9.12. The molecule has 0 bridgehead atoms. The first-order valence-electron chi connectivity index (χ1n) is 8.24. The minimum atomic E-state index is -0.00209. The number of likely N-dealkylation sites (tertiary alicyclic amines) is 1. The van der Waals surface area contributed by atoms with E-state index in [0.717, 1.165) is 42.3 Å². The maximum atomic E-state index is 12.8. The molecular formula is C18H23N3O2S. The van der Waals surface area contributed by atoms with Crippen LogP contribution in [0, 0.1) is 5.92 Å². The van der Waals surface area contributed by atoms with Gasteiger partial charge in [0.05, 0.1) is 12.7 Å². The first kappa shape index (κ1) is 16.9. The van der Waals surface area contributed by atoms with Crippen LogP contribution in [0.5, 0.6) is 5.75 Å². The Bertz CT molecular complexity index is 714. The van der Waals surface area contributed by atoms with Gasteiger partial charge in [0.1, 0.15) is 16.5 Å². The number of nitrogens with two attached hydrogens (primary N) is 1. The van der Waals surface area contributed by atoms with Crippen molar-refractivity contribution in [2.45, 2.75) is 25.8 Å². The Labute approximate surface area is 146 Å². The summed E-state index contributed by atoms with van der Waals surface area (Å²) < 4.78 is 5.38. The summed E-state index contributed by atoms with van der Waals surface area (Å²) in [7, 11) is 1.64. The Kier molecular flexibility index (Phi) is 5.16. The van der Waals surface area contributed by atoms with Crippen molar-refractivity contribution in [3.8, 4) is 16.3 Å². The van der Waals surface area contributed by atoms with Gasteiger partial charge in [-0.25, -0.2) is 4.98 Å². The summed E-state index contributed by atoms with van der Waals surface area (Å²) in [5.74, 6) is 1.13. The zero-order valence-electron chi connectivity index (χ0n) is 14.1. The highest BCUT2D eigenvalue weighted by atomic mass is 32.1. The van der Waals surface area contributed by atoms with E-state index in [0.29, 0.717) is 11.6 Å². The molecule has 24 heavy (non-hydrogen) atoms. The highest BCUT2D eigenvalue weighted by Crippen LogP contribution is 2.32. The van der Waals surface area contributed by atoms with E-state index in [-0.39, 0.29) is 11.9 Å². The molecule has 6 heteroatoms. The SMILES string of the molecule is COc1ccccc1-c1nc(C(=O)N2CCC[C@@H]([C@H](C)N)C2)cs1. The van der Waals surface area contributed by atoms with Gasteiger partial charge in [-0.05, 0) is 37.8 Å². The molecule has 0 aliphatic carbocycles. The fraction of sp³-hybridized carbons (Fsp3) is 0.444. The zero-order valence-corrected chi connectivity index (χ0v) is 14.9. The number of benzene rings is 1. The highest BCUT2D eigenvalue weighted by Gasteiger charge is 2.27. The van der Waals surface area contributed by atoms with Crippen LogP contribution in [0.25, 0.3) is 10.6 Å². The van der Waals surface area contributed by atoms with Gasteiger partial charge in [-0.15, -0.1) is 11.3 Å². The largest absolute Gasteiger partial charge is 0.496 e. The molecule has 0 saturated carbocycles. The molecule has 0 unspecified atom stereocenters. The fourth-order valence-corrected chi connectivity index (χ4v) is 3.93. The summed E-state index contributed by atoms with van der Waals surface area (Å²) >= 11 is 1.47. The quantitative estimate of drug-likeness (QED) is 0.925. The molecule has 1 aromatic carbocycles. The third kappa shape index (κ3) is 3.44. The fourth-order valence-electron chi connectivity index (χ4n) is 3.10. The van der Waals surface area contributed by atoms with Gasteiger partial charge in [-0.1, -0.05) is 12.1 Å². The number of methoxy groups -OCH3 is 1. The van der Waals surface area contributed by atoms with Crippen molar-refractivity contribution >= 4 is 17.2 Å². The molecule has 1 aliphatic heterocycles. The average molecular weight is 345 g/mol. The van der Waals surface area contributed by atoms with Crippen LogP contribution in [0.4, 0.5) is 0 Å². The van der Waals surface area contributed by atoms with Gasteiger partial charge in [-0.2, -0.15) is 0 Å². The van der Waals surface area contributed by atoms with E-state index in [9.17, 15) is 4.79 Å². The smallest absolute Gasteiger partial charge is 0.273 e. The Hall–Kier alpha value is -1.92. The average Bonchev–Trinajstić information content (AvgIpc) is 3.11.